The SMILES string of the molecule is CCNC(CCc1ccsc1)c1ccc(Br)cc1OC. The molecule has 1 unspecified atom stereocenters. The second kappa shape index (κ2) is 7.81. The first-order valence-corrected chi connectivity index (χ1v) is 8.56. The third-order valence-corrected chi connectivity index (χ3v) is 4.55. The van der Waals surface area contributed by atoms with E-state index in [0.717, 1.165) is 29.6 Å². The molecule has 1 aromatic heterocycles. The van der Waals surface area contributed by atoms with Gasteiger partial charge < -0.3 is 10.1 Å². The van der Waals surface area contributed by atoms with E-state index in [1.54, 1.807) is 18.4 Å². The van der Waals surface area contributed by atoms with Crippen molar-refractivity contribution in [1.82, 2.24) is 5.32 Å². The number of hydrogen-bond acceptors (Lipinski definition) is 3. The Balaban J connectivity index is 2.14. The third-order valence-electron chi connectivity index (χ3n) is 3.32. The number of halogens is 1. The molecule has 0 bridgehead atoms. The Kier molecular flexibility index (Phi) is 6.07. The second-order valence-electron chi connectivity index (χ2n) is 4.67. The van der Waals surface area contributed by atoms with Crippen LogP contribution in [0.15, 0.2) is 39.5 Å². The summed E-state index contributed by atoms with van der Waals surface area (Å²) in [6.07, 6.45) is 2.16. The molecule has 0 amide bonds. The first-order valence-electron chi connectivity index (χ1n) is 6.82. The van der Waals surface area contributed by atoms with Crippen molar-refractivity contribution in [2.24, 2.45) is 0 Å². The molecule has 4 heteroatoms. The quantitative estimate of drug-likeness (QED) is 0.771. The molecule has 1 aromatic carbocycles. The molecule has 0 aliphatic heterocycles. The maximum Gasteiger partial charge on any atom is 0.124 e. The van der Waals surface area contributed by atoms with Crippen LogP contribution in [-0.4, -0.2) is 13.7 Å². The summed E-state index contributed by atoms with van der Waals surface area (Å²) in [5, 5.41) is 7.92. The van der Waals surface area contributed by atoms with E-state index in [1.165, 1.54) is 11.1 Å². The lowest BCUT2D eigenvalue weighted by Gasteiger charge is -2.21. The highest BCUT2D eigenvalue weighted by Gasteiger charge is 2.15. The first kappa shape index (κ1) is 15.5. The summed E-state index contributed by atoms with van der Waals surface area (Å²) in [6, 6.07) is 8.77. The van der Waals surface area contributed by atoms with E-state index in [2.05, 4.69) is 57.1 Å². The lowest BCUT2D eigenvalue weighted by Crippen LogP contribution is -2.22. The highest BCUT2D eigenvalue weighted by molar-refractivity contribution is 9.10. The summed E-state index contributed by atoms with van der Waals surface area (Å²) in [4.78, 5) is 0. The van der Waals surface area contributed by atoms with Crippen LogP contribution in [0.5, 0.6) is 5.75 Å². The van der Waals surface area contributed by atoms with Crippen LogP contribution in [0.2, 0.25) is 0 Å². The average molecular weight is 354 g/mol. The summed E-state index contributed by atoms with van der Waals surface area (Å²) >= 11 is 5.26. The van der Waals surface area contributed by atoms with Crippen LogP contribution < -0.4 is 10.1 Å². The minimum Gasteiger partial charge on any atom is -0.496 e. The molecule has 2 nitrogen and oxygen atoms in total. The van der Waals surface area contributed by atoms with Gasteiger partial charge in [-0.3, -0.25) is 0 Å². The predicted molar refractivity (Wildman–Crippen MR) is 89.8 cm³/mol. The molecule has 2 aromatic rings. The summed E-state index contributed by atoms with van der Waals surface area (Å²) in [5.74, 6) is 0.940. The van der Waals surface area contributed by atoms with Gasteiger partial charge >= 0.3 is 0 Å². The van der Waals surface area contributed by atoms with E-state index in [-0.39, 0.29) is 0 Å². The molecule has 2 rings (SSSR count). The highest BCUT2D eigenvalue weighted by Crippen LogP contribution is 2.31. The van der Waals surface area contributed by atoms with Crippen LogP contribution in [0.4, 0.5) is 0 Å². The zero-order valence-corrected chi connectivity index (χ0v) is 14.3. The van der Waals surface area contributed by atoms with Gasteiger partial charge in [0.05, 0.1) is 7.11 Å². The molecule has 0 aliphatic rings. The van der Waals surface area contributed by atoms with Crippen LogP contribution in [0, 0.1) is 0 Å². The van der Waals surface area contributed by atoms with E-state index < -0.39 is 0 Å². The summed E-state index contributed by atoms with van der Waals surface area (Å²) in [7, 11) is 1.73. The number of benzene rings is 1. The van der Waals surface area contributed by atoms with Crippen molar-refractivity contribution in [3.8, 4) is 5.75 Å². The average Bonchev–Trinajstić information content (AvgIpc) is 2.97. The number of rotatable bonds is 7. The fraction of sp³-hybridized carbons (Fsp3) is 0.375. The molecule has 0 spiro atoms. The van der Waals surface area contributed by atoms with Crippen LogP contribution in [-0.2, 0) is 6.42 Å². The van der Waals surface area contributed by atoms with Crippen molar-refractivity contribution in [1.29, 1.82) is 0 Å². The zero-order valence-electron chi connectivity index (χ0n) is 11.9. The van der Waals surface area contributed by atoms with Gasteiger partial charge in [0.25, 0.3) is 0 Å². The first-order chi connectivity index (χ1) is 9.74. The van der Waals surface area contributed by atoms with Crippen LogP contribution >= 0.6 is 27.3 Å². The van der Waals surface area contributed by atoms with E-state index in [9.17, 15) is 0 Å². The van der Waals surface area contributed by atoms with Crippen molar-refractivity contribution in [2.45, 2.75) is 25.8 Å². The molecule has 0 fully saturated rings. The molecule has 1 heterocycles. The van der Waals surface area contributed by atoms with Crippen molar-refractivity contribution in [3.05, 3.63) is 50.6 Å². The minimum absolute atomic E-state index is 0.322. The number of thiophene rings is 1. The van der Waals surface area contributed by atoms with Gasteiger partial charge in [-0.15, -0.1) is 0 Å². The van der Waals surface area contributed by atoms with Crippen LogP contribution in [0.3, 0.4) is 0 Å². The topological polar surface area (TPSA) is 21.3 Å². The zero-order chi connectivity index (χ0) is 14.4. The van der Waals surface area contributed by atoms with Gasteiger partial charge in [-0.25, -0.2) is 0 Å². The standard InChI is InChI=1S/C16H20BrNOS/c1-3-18-15(7-4-12-8-9-20-11-12)14-6-5-13(17)10-16(14)19-2/h5-6,8-11,15,18H,3-4,7H2,1-2H3. The number of aryl methyl sites for hydroxylation is 1. The van der Waals surface area contributed by atoms with Gasteiger partial charge in [0, 0.05) is 16.1 Å². The fourth-order valence-corrected chi connectivity index (χ4v) is 3.38. The molecule has 0 saturated heterocycles. The van der Waals surface area contributed by atoms with Crippen molar-refractivity contribution in [2.75, 3.05) is 13.7 Å². The summed E-state index contributed by atoms with van der Waals surface area (Å²) in [5.41, 5.74) is 2.64. The third kappa shape index (κ3) is 4.08. The van der Waals surface area contributed by atoms with Crippen molar-refractivity contribution < 1.29 is 4.74 Å². The Morgan fingerprint density at radius 1 is 1.35 bits per heavy atom. The summed E-state index contributed by atoms with van der Waals surface area (Å²) in [6.45, 7) is 3.09. The van der Waals surface area contributed by atoms with Gasteiger partial charge in [0.15, 0.2) is 0 Å². The number of methoxy groups -OCH3 is 1. The number of ether oxygens (including phenoxy) is 1. The van der Waals surface area contributed by atoms with E-state index >= 15 is 0 Å². The van der Waals surface area contributed by atoms with Crippen molar-refractivity contribution >= 4 is 27.3 Å². The van der Waals surface area contributed by atoms with Crippen LogP contribution in [0.25, 0.3) is 0 Å². The molecular weight excluding hydrogens is 334 g/mol. The van der Waals surface area contributed by atoms with Gasteiger partial charge in [0.1, 0.15) is 5.75 Å². The Bertz CT molecular complexity index is 527. The molecule has 1 atom stereocenters. The monoisotopic (exact) mass is 353 g/mol. The Morgan fingerprint density at radius 2 is 2.20 bits per heavy atom. The molecule has 108 valence electrons. The van der Waals surface area contributed by atoms with E-state index in [4.69, 9.17) is 4.74 Å². The van der Waals surface area contributed by atoms with Gasteiger partial charge in [0.2, 0.25) is 0 Å². The molecule has 0 saturated carbocycles. The summed E-state index contributed by atoms with van der Waals surface area (Å²) < 4.78 is 6.57. The van der Waals surface area contributed by atoms with E-state index in [0.29, 0.717) is 6.04 Å². The fourth-order valence-electron chi connectivity index (χ4n) is 2.33. The van der Waals surface area contributed by atoms with Crippen molar-refractivity contribution in [3.63, 3.8) is 0 Å². The molecule has 20 heavy (non-hydrogen) atoms. The lowest BCUT2D eigenvalue weighted by atomic mass is 9.99. The Hall–Kier alpha value is -0.840. The smallest absolute Gasteiger partial charge is 0.124 e. The predicted octanol–water partition coefficient (Wildman–Crippen LogP) is 4.80. The molecule has 0 aliphatic carbocycles. The maximum atomic E-state index is 5.52. The molecule has 0 radical (unpaired) electrons. The molecule has 1 N–H and O–H groups in total. The normalized spacial score (nSPS) is 12.3. The highest BCUT2D eigenvalue weighted by atomic mass is 79.9. The van der Waals surface area contributed by atoms with E-state index in [1.807, 2.05) is 6.07 Å². The van der Waals surface area contributed by atoms with Gasteiger partial charge in [-0.1, -0.05) is 28.9 Å². The van der Waals surface area contributed by atoms with Gasteiger partial charge in [-0.05, 0) is 53.9 Å². The maximum absolute atomic E-state index is 5.52. The number of nitrogens with one attached hydrogen (secondary N) is 1. The Labute approximate surface area is 133 Å². The second-order valence-corrected chi connectivity index (χ2v) is 6.36. The lowest BCUT2D eigenvalue weighted by molar-refractivity contribution is 0.396. The largest absolute Gasteiger partial charge is 0.496 e. The minimum atomic E-state index is 0.322. The Morgan fingerprint density at radius 3 is 2.85 bits per heavy atom. The molecular formula is C16H20BrNOS. The van der Waals surface area contributed by atoms with Crippen LogP contribution in [0.1, 0.15) is 30.5 Å². The number of hydrogen-bond donors (Lipinski definition) is 1. The van der Waals surface area contributed by atoms with Gasteiger partial charge in [-0.2, -0.15) is 11.3 Å².